The van der Waals surface area contributed by atoms with Gasteiger partial charge in [0, 0.05) is 17.0 Å². The van der Waals surface area contributed by atoms with Crippen LogP contribution in [0, 0.1) is 19.7 Å². The fourth-order valence-corrected chi connectivity index (χ4v) is 2.57. The molecule has 3 rings (SSSR count). The zero-order valence-electron chi connectivity index (χ0n) is 14.1. The molecule has 0 aliphatic heterocycles. The van der Waals surface area contributed by atoms with Crippen molar-refractivity contribution in [3.05, 3.63) is 52.9 Å². The SMILES string of the molecule is COc1ccc(COC(=O)Cc2c(C)nc3ncnn3c2C)cc1F. The van der Waals surface area contributed by atoms with Crippen LogP contribution < -0.4 is 4.74 Å². The van der Waals surface area contributed by atoms with Crippen LogP contribution >= 0.6 is 0 Å². The van der Waals surface area contributed by atoms with E-state index in [9.17, 15) is 9.18 Å². The van der Waals surface area contributed by atoms with Crippen molar-refractivity contribution < 1.29 is 18.7 Å². The molecule has 0 aliphatic carbocycles. The fourth-order valence-electron chi connectivity index (χ4n) is 2.57. The number of hydrogen-bond donors (Lipinski definition) is 0. The van der Waals surface area contributed by atoms with Crippen LogP contribution in [0.1, 0.15) is 22.5 Å². The van der Waals surface area contributed by atoms with E-state index in [2.05, 4.69) is 15.1 Å². The van der Waals surface area contributed by atoms with E-state index in [1.807, 2.05) is 13.8 Å². The summed E-state index contributed by atoms with van der Waals surface area (Å²) >= 11 is 0. The van der Waals surface area contributed by atoms with E-state index in [4.69, 9.17) is 9.47 Å². The van der Waals surface area contributed by atoms with Gasteiger partial charge in [-0.05, 0) is 31.5 Å². The van der Waals surface area contributed by atoms with E-state index < -0.39 is 11.8 Å². The summed E-state index contributed by atoms with van der Waals surface area (Å²) in [6.07, 6.45) is 1.47. The highest BCUT2D eigenvalue weighted by Crippen LogP contribution is 2.19. The number of fused-ring (bicyclic) bond motifs is 1. The van der Waals surface area contributed by atoms with Crippen LogP contribution in [0.25, 0.3) is 5.78 Å². The number of hydrogen-bond acceptors (Lipinski definition) is 6. The first-order valence-electron chi connectivity index (χ1n) is 7.63. The number of carbonyl (C=O) groups excluding carboxylic acids is 1. The summed E-state index contributed by atoms with van der Waals surface area (Å²) in [7, 11) is 1.39. The molecule has 0 radical (unpaired) electrons. The van der Waals surface area contributed by atoms with Crippen molar-refractivity contribution in [1.82, 2.24) is 19.6 Å². The molecule has 2 heterocycles. The Morgan fingerprint density at radius 2 is 2.12 bits per heavy atom. The maximum atomic E-state index is 13.7. The number of aryl methyl sites for hydroxylation is 2. The zero-order valence-corrected chi connectivity index (χ0v) is 14.1. The van der Waals surface area contributed by atoms with Crippen LogP contribution in [0.15, 0.2) is 24.5 Å². The first kappa shape index (κ1) is 16.8. The summed E-state index contributed by atoms with van der Waals surface area (Å²) < 4.78 is 25.3. The number of halogens is 1. The van der Waals surface area contributed by atoms with Gasteiger partial charge in [0.05, 0.1) is 13.5 Å². The molecule has 0 aliphatic rings. The molecule has 8 heteroatoms. The topological polar surface area (TPSA) is 78.6 Å². The molecular weight excluding hydrogens is 327 g/mol. The molecule has 1 aromatic carbocycles. The molecule has 0 fully saturated rings. The Labute approximate surface area is 143 Å². The number of ether oxygens (including phenoxy) is 2. The van der Waals surface area contributed by atoms with E-state index in [1.54, 1.807) is 10.6 Å². The van der Waals surface area contributed by atoms with Crippen molar-refractivity contribution in [2.24, 2.45) is 0 Å². The number of benzene rings is 1. The summed E-state index contributed by atoms with van der Waals surface area (Å²) in [6.45, 7) is 3.64. The third-order valence-corrected chi connectivity index (χ3v) is 3.93. The predicted molar refractivity (Wildman–Crippen MR) is 86.7 cm³/mol. The summed E-state index contributed by atoms with van der Waals surface area (Å²) in [5, 5.41) is 4.08. The average Bonchev–Trinajstić information content (AvgIpc) is 3.05. The lowest BCUT2D eigenvalue weighted by atomic mass is 10.1. The van der Waals surface area contributed by atoms with Gasteiger partial charge in [0.2, 0.25) is 0 Å². The zero-order chi connectivity index (χ0) is 18.0. The third-order valence-electron chi connectivity index (χ3n) is 3.93. The lowest BCUT2D eigenvalue weighted by molar-refractivity contribution is -0.144. The van der Waals surface area contributed by atoms with Crippen molar-refractivity contribution in [2.75, 3.05) is 7.11 Å². The van der Waals surface area contributed by atoms with Crippen LogP contribution in [0.4, 0.5) is 4.39 Å². The predicted octanol–water partition coefficient (Wildman–Crippen LogP) is 2.17. The van der Waals surface area contributed by atoms with Crippen molar-refractivity contribution >= 4 is 11.7 Å². The maximum absolute atomic E-state index is 13.7. The Balaban J connectivity index is 1.70. The molecule has 0 spiro atoms. The molecule has 0 bridgehead atoms. The number of nitrogens with zero attached hydrogens (tertiary/aromatic N) is 4. The number of esters is 1. The Kier molecular flexibility index (Phi) is 4.60. The second-order valence-electron chi connectivity index (χ2n) is 5.54. The number of rotatable bonds is 5. The van der Waals surface area contributed by atoms with Gasteiger partial charge >= 0.3 is 5.97 Å². The van der Waals surface area contributed by atoms with Crippen LogP contribution in [-0.4, -0.2) is 32.7 Å². The lowest BCUT2D eigenvalue weighted by Crippen LogP contribution is -2.13. The molecular formula is C17H17FN4O3. The van der Waals surface area contributed by atoms with Crippen molar-refractivity contribution in [3.8, 4) is 5.75 Å². The van der Waals surface area contributed by atoms with Gasteiger partial charge in [-0.1, -0.05) is 6.07 Å². The molecule has 0 N–H and O–H groups in total. The van der Waals surface area contributed by atoms with Gasteiger partial charge in [0.1, 0.15) is 12.9 Å². The van der Waals surface area contributed by atoms with Crippen LogP contribution in [0.2, 0.25) is 0 Å². The normalized spacial score (nSPS) is 10.9. The molecule has 0 amide bonds. The van der Waals surface area contributed by atoms with Crippen molar-refractivity contribution in [1.29, 1.82) is 0 Å². The van der Waals surface area contributed by atoms with E-state index >= 15 is 0 Å². The van der Waals surface area contributed by atoms with Gasteiger partial charge in [-0.2, -0.15) is 10.1 Å². The van der Waals surface area contributed by atoms with Gasteiger partial charge in [-0.15, -0.1) is 0 Å². The Bertz CT molecular complexity index is 939. The number of methoxy groups -OCH3 is 1. The Morgan fingerprint density at radius 1 is 1.32 bits per heavy atom. The molecule has 2 aromatic heterocycles. The average molecular weight is 344 g/mol. The Morgan fingerprint density at radius 3 is 2.84 bits per heavy atom. The standard InChI is InChI=1S/C17H17FN4O3/c1-10-13(11(2)22-17(21-10)19-9-20-22)7-16(23)25-8-12-4-5-15(24-3)14(18)6-12/h4-6,9H,7-8H2,1-3H3. The minimum Gasteiger partial charge on any atom is -0.494 e. The van der Waals surface area contributed by atoms with Gasteiger partial charge < -0.3 is 9.47 Å². The minimum atomic E-state index is -0.497. The maximum Gasteiger partial charge on any atom is 0.310 e. The third kappa shape index (κ3) is 3.42. The van der Waals surface area contributed by atoms with E-state index in [1.165, 1.54) is 25.6 Å². The molecule has 0 saturated heterocycles. The molecule has 7 nitrogen and oxygen atoms in total. The highest BCUT2D eigenvalue weighted by Gasteiger charge is 2.15. The minimum absolute atomic E-state index is 0.0170. The van der Waals surface area contributed by atoms with Crippen LogP contribution in [-0.2, 0) is 22.6 Å². The molecule has 0 saturated carbocycles. The lowest BCUT2D eigenvalue weighted by Gasteiger charge is -2.11. The second-order valence-corrected chi connectivity index (χ2v) is 5.54. The summed E-state index contributed by atoms with van der Waals surface area (Å²) in [4.78, 5) is 20.5. The smallest absolute Gasteiger partial charge is 0.310 e. The van der Waals surface area contributed by atoms with Gasteiger partial charge in [-0.25, -0.2) is 13.9 Å². The van der Waals surface area contributed by atoms with E-state index in [0.717, 1.165) is 11.3 Å². The Hall–Kier alpha value is -3.03. The molecule has 130 valence electrons. The monoisotopic (exact) mass is 344 g/mol. The highest BCUT2D eigenvalue weighted by atomic mass is 19.1. The second kappa shape index (κ2) is 6.84. The summed E-state index contributed by atoms with van der Waals surface area (Å²) in [5.74, 6) is -0.290. The molecule has 0 unspecified atom stereocenters. The van der Waals surface area contributed by atoms with Crippen LogP contribution in [0.3, 0.4) is 0 Å². The van der Waals surface area contributed by atoms with Gasteiger partial charge in [0.25, 0.3) is 5.78 Å². The van der Waals surface area contributed by atoms with Crippen molar-refractivity contribution in [3.63, 3.8) is 0 Å². The number of aromatic nitrogens is 4. The fraction of sp³-hybridized carbons (Fsp3) is 0.294. The summed E-state index contributed by atoms with van der Waals surface area (Å²) in [5.41, 5.74) is 2.77. The summed E-state index contributed by atoms with van der Waals surface area (Å²) in [6, 6.07) is 4.43. The highest BCUT2D eigenvalue weighted by molar-refractivity contribution is 5.73. The van der Waals surface area contributed by atoms with Crippen molar-refractivity contribution in [2.45, 2.75) is 26.9 Å². The first-order valence-corrected chi connectivity index (χ1v) is 7.63. The first-order chi connectivity index (χ1) is 12.0. The van der Waals surface area contributed by atoms with E-state index in [0.29, 0.717) is 17.0 Å². The molecule has 3 aromatic rings. The quantitative estimate of drug-likeness (QED) is 0.660. The molecule has 0 atom stereocenters. The molecule has 25 heavy (non-hydrogen) atoms. The van der Waals surface area contributed by atoms with Gasteiger partial charge in [-0.3, -0.25) is 4.79 Å². The van der Waals surface area contributed by atoms with Crippen LogP contribution in [0.5, 0.6) is 5.75 Å². The number of carbonyl (C=O) groups is 1. The largest absolute Gasteiger partial charge is 0.494 e. The van der Waals surface area contributed by atoms with E-state index in [-0.39, 0.29) is 18.8 Å². The van der Waals surface area contributed by atoms with Gasteiger partial charge in [0.15, 0.2) is 11.6 Å².